The number of nitrogens with zero attached hydrogens (tertiary/aromatic N) is 3. The molecule has 2 aromatic heterocycles. The van der Waals surface area contributed by atoms with E-state index in [-0.39, 0.29) is 5.56 Å². The summed E-state index contributed by atoms with van der Waals surface area (Å²) >= 11 is 0. The second-order valence-corrected chi connectivity index (χ2v) is 4.03. The largest absolute Gasteiger partial charge is 0.478 e. The molecule has 0 unspecified atom stereocenters. The summed E-state index contributed by atoms with van der Waals surface area (Å²) in [5.41, 5.74) is 2.58. The predicted molar refractivity (Wildman–Crippen MR) is 65.3 cm³/mol. The number of carbonyl (C=O) groups is 1. The second kappa shape index (κ2) is 3.69. The number of aromatic nitrogens is 4. The van der Waals surface area contributed by atoms with Crippen LogP contribution in [0.2, 0.25) is 0 Å². The van der Waals surface area contributed by atoms with E-state index in [2.05, 4.69) is 15.2 Å². The van der Waals surface area contributed by atoms with Crippen LogP contribution in [0.3, 0.4) is 0 Å². The highest BCUT2D eigenvalue weighted by atomic mass is 16.4. The molecular weight excluding hydrogens is 232 g/mol. The number of rotatable bonds is 2. The highest BCUT2D eigenvalue weighted by Gasteiger charge is 2.12. The van der Waals surface area contributed by atoms with Crippen molar-refractivity contribution in [3.05, 3.63) is 36.3 Å². The molecule has 0 aliphatic carbocycles. The monoisotopic (exact) mass is 242 g/mol. The normalized spacial score (nSPS) is 10.9. The van der Waals surface area contributed by atoms with Gasteiger partial charge in [0.1, 0.15) is 5.69 Å². The first-order chi connectivity index (χ1) is 8.66. The average Bonchev–Trinajstić information content (AvgIpc) is 2.93. The molecule has 0 saturated heterocycles. The Labute approximate surface area is 102 Å². The number of H-pyrrole nitrogens is 1. The Morgan fingerprint density at radius 1 is 1.44 bits per heavy atom. The number of carboxylic acid groups (broad SMARTS) is 1. The number of benzene rings is 1. The Morgan fingerprint density at radius 3 is 2.94 bits per heavy atom. The molecule has 0 saturated carbocycles. The summed E-state index contributed by atoms with van der Waals surface area (Å²) in [6.07, 6.45) is 3.42. The van der Waals surface area contributed by atoms with Gasteiger partial charge in [0.2, 0.25) is 0 Å². The summed E-state index contributed by atoms with van der Waals surface area (Å²) in [5.74, 6) is -0.950. The van der Waals surface area contributed by atoms with Crippen LogP contribution in [-0.2, 0) is 7.05 Å². The van der Waals surface area contributed by atoms with Crippen molar-refractivity contribution in [1.29, 1.82) is 0 Å². The maximum atomic E-state index is 10.9. The number of aromatic carboxylic acids is 1. The van der Waals surface area contributed by atoms with Gasteiger partial charge in [-0.25, -0.2) is 9.78 Å². The lowest BCUT2D eigenvalue weighted by Gasteiger charge is -1.99. The van der Waals surface area contributed by atoms with Crippen molar-refractivity contribution >= 4 is 16.9 Å². The Balaban J connectivity index is 2.22. The third-order valence-corrected chi connectivity index (χ3v) is 2.87. The molecule has 6 nitrogen and oxygen atoms in total. The lowest BCUT2D eigenvalue weighted by atomic mass is 10.1. The van der Waals surface area contributed by atoms with Crippen molar-refractivity contribution in [1.82, 2.24) is 19.7 Å². The lowest BCUT2D eigenvalue weighted by molar-refractivity contribution is 0.0697. The van der Waals surface area contributed by atoms with Gasteiger partial charge in [-0.05, 0) is 18.2 Å². The number of carboxylic acids is 1. The number of hydrogen-bond donors (Lipinski definition) is 2. The first-order valence-electron chi connectivity index (χ1n) is 5.35. The van der Waals surface area contributed by atoms with Crippen LogP contribution in [0.5, 0.6) is 0 Å². The van der Waals surface area contributed by atoms with E-state index in [1.54, 1.807) is 30.7 Å². The van der Waals surface area contributed by atoms with Gasteiger partial charge in [0.05, 0.1) is 29.3 Å². The highest BCUT2D eigenvalue weighted by Crippen LogP contribution is 2.26. The maximum absolute atomic E-state index is 10.9. The Morgan fingerprint density at radius 2 is 2.28 bits per heavy atom. The zero-order chi connectivity index (χ0) is 12.7. The van der Waals surface area contributed by atoms with Crippen molar-refractivity contribution < 1.29 is 9.90 Å². The Kier molecular flexibility index (Phi) is 2.16. The maximum Gasteiger partial charge on any atom is 0.335 e. The standard InChI is InChI=1S/C12H10N4O2/c1-16-6-13-5-10(16)11-8-3-2-7(12(17)18)4-9(8)14-15-11/h2-6H,1H3,(H,14,15)(H,17,18). The van der Waals surface area contributed by atoms with Gasteiger partial charge in [-0.15, -0.1) is 0 Å². The van der Waals surface area contributed by atoms with Crippen LogP contribution >= 0.6 is 0 Å². The molecule has 2 N–H and O–H groups in total. The van der Waals surface area contributed by atoms with E-state index >= 15 is 0 Å². The van der Waals surface area contributed by atoms with E-state index in [1.807, 2.05) is 11.6 Å². The van der Waals surface area contributed by atoms with Crippen LogP contribution in [0.1, 0.15) is 10.4 Å². The molecule has 0 radical (unpaired) electrons. The first kappa shape index (κ1) is 10.5. The van der Waals surface area contributed by atoms with Crippen molar-refractivity contribution in [2.75, 3.05) is 0 Å². The molecule has 0 spiro atoms. The molecule has 18 heavy (non-hydrogen) atoms. The summed E-state index contributed by atoms with van der Waals surface area (Å²) < 4.78 is 1.86. The average molecular weight is 242 g/mol. The van der Waals surface area contributed by atoms with Gasteiger partial charge in [0.25, 0.3) is 0 Å². The smallest absolute Gasteiger partial charge is 0.335 e. The number of imidazole rings is 1. The zero-order valence-electron chi connectivity index (χ0n) is 9.58. The Hall–Kier alpha value is -2.63. The van der Waals surface area contributed by atoms with Crippen molar-refractivity contribution in [2.24, 2.45) is 7.05 Å². The Bertz CT molecular complexity index is 741. The van der Waals surface area contributed by atoms with Gasteiger partial charge in [-0.1, -0.05) is 0 Å². The molecule has 0 aliphatic heterocycles. The molecule has 0 aliphatic rings. The third-order valence-electron chi connectivity index (χ3n) is 2.87. The van der Waals surface area contributed by atoms with Gasteiger partial charge < -0.3 is 9.67 Å². The molecule has 2 heterocycles. The van der Waals surface area contributed by atoms with E-state index in [0.29, 0.717) is 5.52 Å². The summed E-state index contributed by atoms with van der Waals surface area (Å²) in [4.78, 5) is 14.9. The number of nitrogens with one attached hydrogen (secondary N) is 1. The molecule has 0 amide bonds. The first-order valence-corrected chi connectivity index (χ1v) is 5.35. The van der Waals surface area contributed by atoms with Crippen LogP contribution in [0.15, 0.2) is 30.7 Å². The van der Waals surface area contributed by atoms with Crippen molar-refractivity contribution in [2.45, 2.75) is 0 Å². The fourth-order valence-electron chi connectivity index (χ4n) is 1.93. The summed E-state index contributed by atoms with van der Waals surface area (Å²) in [7, 11) is 1.88. The van der Waals surface area contributed by atoms with Gasteiger partial charge >= 0.3 is 5.97 Å². The van der Waals surface area contributed by atoms with Crippen LogP contribution in [0.4, 0.5) is 0 Å². The molecule has 6 heteroatoms. The number of aromatic amines is 1. The van der Waals surface area contributed by atoms with Crippen LogP contribution < -0.4 is 0 Å². The van der Waals surface area contributed by atoms with Crippen molar-refractivity contribution in [3.8, 4) is 11.4 Å². The van der Waals surface area contributed by atoms with Crippen LogP contribution in [0, 0.1) is 0 Å². The minimum atomic E-state index is -0.950. The summed E-state index contributed by atoms with van der Waals surface area (Å²) in [6, 6.07) is 4.90. The number of aryl methyl sites for hydroxylation is 1. The molecule has 3 rings (SSSR count). The minimum absolute atomic E-state index is 0.239. The van der Waals surface area contributed by atoms with Crippen molar-refractivity contribution in [3.63, 3.8) is 0 Å². The fourth-order valence-corrected chi connectivity index (χ4v) is 1.93. The van der Waals surface area contributed by atoms with E-state index in [1.165, 1.54) is 0 Å². The fraction of sp³-hybridized carbons (Fsp3) is 0.0833. The molecule has 90 valence electrons. The van der Waals surface area contributed by atoms with E-state index < -0.39 is 5.97 Å². The third kappa shape index (κ3) is 1.46. The van der Waals surface area contributed by atoms with Gasteiger partial charge in [0.15, 0.2) is 0 Å². The van der Waals surface area contributed by atoms with Gasteiger partial charge in [-0.3, -0.25) is 5.10 Å². The van der Waals surface area contributed by atoms with Crippen LogP contribution in [-0.4, -0.2) is 30.8 Å². The van der Waals surface area contributed by atoms with Gasteiger partial charge in [0, 0.05) is 12.4 Å². The van der Waals surface area contributed by atoms with E-state index in [4.69, 9.17) is 5.11 Å². The molecule has 1 aromatic carbocycles. The molecule has 0 bridgehead atoms. The predicted octanol–water partition coefficient (Wildman–Crippen LogP) is 1.66. The summed E-state index contributed by atoms with van der Waals surface area (Å²) in [6.45, 7) is 0. The SMILES string of the molecule is Cn1cncc1-c1n[nH]c2cc(C(=O)O)ccc12. The van der Waals surface area contributed by atoms with Gasteiger partial charge in [-0.2, -0.15) is 5.10 Å². The number of hydrogen-bond acceptors (Lipinski definition) is 3. The zero-order valence-corrected chi connectivity index (χ0v) is 9.58. The second-order valence-electron chi connectivity index (χ2n) is 4.03. The topological polar surface area (TPSA) is 83.8 Å². The highest BCUT2D eigenvalue weighted by molar-refractivity contribution is 5.97. The molecule has 3 aromatic rings. The quantitative estimate of drug-likeness (QED) is 0.715. The van der Waals surface area contributed by atoms with Crippen LogP contribution in [0.25, 0.3) is 22.3 Å². The number of fused-ring (bicyclic) bond motifs is 1. The molecule has 0 atom stereocenters. The van der Waals surface area contributed by atoms with E-state index in [0.717, 1.165) is 16.8 Å². The summed E-state index contributed by atoms with van der Waals surface area (Å²) in [5, 5.41) is 16.9. The minimum Gasteiger partial charge on any atom is -0.478 e. The lowest BCUT2D eigenvalue weighted by Crippen LogP contribution is -1.95. The molecule has 0 fully saturated rings. The van der Waals surface area contributed by atoms with E-state index in [9.17, 15) is 4.79 Å². The molecular formula is C12H10N4O2.